The van der Waals surface area contributed by atoms with Crippen molar-refractivity contribution in [2.45, 2.75) is 13.0 Å². The zero-order chi connectivity index (χ0) is 26.1. The molecule has 0 radical (unpaired) electrons. The van der Waals surface area contributed by atoms with Crippen LogP contribution in [-0.2, 0) is 4.79 Å². The van der Waals surface area contributed by atoms with E-state index in [0.29, 0.717) is 39.3 Å². The summed E-state index contributed by atoms with van der Waals surface area (Å²) in [5, 5.41) is 14.8. The number of hydrogen-bond acceptors (Lipinski definition) is 7. The van der Waals surface area contributed by atoms with Crippen LogP contribution in [0.4, 0.5) is 0 Å². The first-order valence-corrected chi connectivity index (χ1v) is 12.0. The molecule has 5 aromatic rings. The van der Waals surface area contributed by atoms with Crippen molar-refractivity contribution in [1.82, 2.24) is 9.66 Å². The fourth-order valence-electron chi connectivity index (χ4n) is 3.80. The Morgan fingerprint density at radius 2 is 1.92 bits per heavy atom. The maximum Gasteiger partial charge on any atom is 0.344 e. The van der Waals surface area contributed by atoms with Crippen LogP contribution in [0, 0.1) is 0 Å². The van der Waals surface area contributed by atoms with Crippen molar-refractivity contribution in [3.05, 3.63) is 87.1 Å². The lowest BCUT2D eigenvalue weighted by atomic mass is 10.2. The topological polar surface area (TPSA) is 116 Å². The summed E-state index contributed by atoms with van der Waals surface area (Å²) >= 11 is 3.41. The zero-order valence-corrected chi connectivity index (χ0v) is 21.3. The molecule has 0 unspecified atom stereocenters. The van der Waals surface area contributed by atoms with Crippen molar-refractivity contribution in [3.8, 4) is 23.1 Å². The number of carboxylic acids is 1. The van der Waals surface area contributed by atoms with Gasteiger partial charge in [-0.2, -0.15) is 9.78 Å². The lowest BCUT2D eigenvalue weighted by molar-refractivity contribution is -0.144. The summed E-state index contributed by atoms with van der Waals surface area (Å²) in [5.74, 6) is 0.315. The molecule has 37 heavy (non-hydrogen) atoms. The third-order valence-corrected chi connectivity index (χ3v) is 6.14. The first-order valence-electron chi connectivity index (χ1n) is 11.2. The summed E-state index contributed by atoms with van der Waals surface area (Å²) < 4.78 is 18.9. The summed E-state index contributed by atoms with van der Waals surface area (Å²) in [6.45, 7) is 1.43. The molecular formula is C27H20BrN3O6. The quantitative estimate of drug-likeness (QED) is 0.267. The second-order valence-electron chi connectivity index (χ2n) is 8.08. The number of rotatable bonds is 7. The number of para-hydroxylation sites is 1. The molecule has 0 bridgehead atoms. The van der Waals surface area contributed by atoms with E-state index in [-0.39, 0.29) is 5.82 Å². The molecule has 2 heterocycles. The second-order valence-corrected chi connectivity index (χ2v) is 8.99. The third-order valence-electron chi connectivity index (χ3n) is 5.65. The van der Waals surface area contributed by atoms with Crippen molar-refractivity contribution >= 4 is 50.0 Å². The van der Waals surface area contributed by atoms with Gasteiger partial charge in [0.15, 0.2) is 11.9 Å². The van der Waals surface area contributed by atoms with Gasteiger partial charge in [0, 0.05) is 10.0 Å². The Morgan fingerprint density at radius 3 is 2.70 bits per heavy atom. The van der Waals surface area contributed by atoms with Crippen molar-refractivity contribution in [2.75, 3.05) is 7.11 Å². The molecule has 5 rings (SSSR count). The van der Waals surface area contributed by atoms with Crippen LogP contribution in [0.15, 0.2) is 85.5 Å². The first-order chi connectivity index (χ1) is 17.9. The monoisotopic (exact) mass is 561 g/mol. The molecule has 0 amide bonds. The molecule has 0 fully saturated rings. The fourth-order valence-corrected chi connectivity index (χ4v) is 4.18. The third kappa shape index (κ3) is 4.70. The molecule has 1 atom stereocenters. The van der Waals surface area contributed by atoms with E-state index in [4.69, 9.17) is 13.9 Å². The van der Waals surface area contributed by atoms with Gasteiger partial charge in [-0.25, -0.2) is 9.78 Å². The van der Waals surface area contributed by atoms with Crippen LogP contribution in [0.3, 0.4) is 0 Å². The minimum absolute atomic E-state index is 0.189. The average Bonchev–Trinajstić information content (AvgIpc) is 3.33. The maximum atomic E-state index is 13.5. The Bertz CT molecular complexity index is 1740. The number of aromatic nitrogens is 2. The Morgan fingerprint density at radius 1 is 1.11 bits per heavy atom. The number of carboxylic acid groups (broad SMARTS) is 1. The van der Waals surface area contributed by atoms with Gasteiger partial charge in [0.1, 0.15) is 17.1 Å². The number of aliphatic carboxylic acids is 1. The molecular weight excluding hydrogens is 542 g/mol. The van der Waals surface area contributed by atoms with Crippen LogP contribution in [0.25, 0.3) is 33.5 Å². The molecule has 9 nitrogen and oxygen atoms in total. The molecule has 0 spiro atoms. The summed E-state index contributed by atoms with van der Waals surface area (Å²) in [6, 6.07) is 19.2. The summed E-state index contributed by atoms with van der Waals surface area (Å²) in [6.07, 6.45) is 0.332. The molecule has 0 aliphatic rings. The van der Waals surface area contributed by atoms with Gasteiger partial charge in [0.25, 0.3) is 5.56 Å². The number of hydrogen-bond donors (Lipinski definition) is 1. The number of carbonyl (C=O) groups is 1. The van der Waals surface area contributed by atoms with Crippen LogP contribution in [-0.4, -0.2) is 40.2 Å². The zero-order valence-electron chi connectivity index (χ0n) is 19.7. The van der Waals surface area contributed by atoms with Crippen LogP contribution in [0.5, 0.6) is 11.5 Å². The highest BCUT2D eigenvalue weighted by atomic mass is 79.9. The molecule has 1 N–H and O–H groups in total. The highest BCUT2D eigenvalue weighted by Gasteiger charge is 2.19. The smallest absolute Gasteiger partial charge is 0.344 e. The fraction of sp³-hybridized carbons (Fsp3) is 0.111. The van der Waals surface area contributed by atoms with Gasteiger partial charge in [-0.1, -0.05) is 34.1 Å². The predicted molar refractivity (Wildman–Crippen MR) is 143 cm³/mol. The van der Waals surface area contributed by atoms with Gasteiger partial charge in [-0.3, -0.25) is 4.79 Å². The molecule has 186 valence electrons. The molecule has 3 aromatic carbocycles. The van der Waals surface area contributed by atoms with Gasteiger partial charge >= 0.3 is 5.97 Å². The van der Waals surface area contributed by atoms with Gasteiger partial charge < -0.3 is 19.0 Å². The molecule has 0 saturated heterocycles. The van der Waals surface area contributed by atoms with E-state index in [2.05, 4.69) is 26.0 Å². The number of halogens is 1. The Balaban J connectivity index is 1.69. The molecule has 0 aliphatic heterocycles. The van der Waals surface area contributed by atoms with E-state index in [1.165, 1.54) is 13.1 Å². The second kappa shape index (κ2) is 9.90. The molecule has 0 saturated carbocycles. The number of benzene rings is 3. The van der Waals surface area contributed by atoms with Crippen molar-refractivity contribution in [1.29, 1.82) is 0 Å². The lowest BCUT2D eigenvalue weighted by Crippen LogP contribution is -2.23. The lowest BCUT2D eigenvalue weighted by Gasteiger charge is -2.13. The van der Waals surface area contributed by atoms with Gasteiger partial charge in [0.05, 0.1) is 29.6 Å². The number of ether oxygens (including phenoxy) is 2. The van der Waals surface area contributed by atoms with Crippen LogP contribution in [0.2, 0.25) is 0 Å². The van der Waals surface area contributed by atoms with E-state index in [1.54, 1.807) is 67.8 Å². The first kappa shape index (κ1) is 24.3. The van der Waals surface area contributed by atoms with Gasteiger partial charge in [-0.05, 0) is 55.5 Å². The van der Waals surface area contributed by atoms with Gasteiger partial charge in [0.2, 0.25) is 5.82 Å². The van der Waals surface area contributed by atoms with E-state index in [0.717, 1.165) is 14.5 Å². The number of fused-ring (bicyclic) bond motifs is 2. The van der Waals surface area contributed by atoms with Crippen LogP contribution < -0.4 is 15.0 Å². The highest BCUT2D eigenvalue weighted by Crippen LogP contribution is 2.33. The van der Waals surface area contributed by atoms with Crippen LogP contribution >= 0.6 is 15.9 Å². The minimum Gasteiger partial charge on any atom is -0.496 e. The Labute approximate surface area is 218 Å². The van der Waals surface area contributed by atoms with Crippen molar-refractivity contribution < 1.29 is 23.8 Å². The Kier molecular flexibility index (Phi) is 6.49. The van der Waals surface area contributed by atoms with E-state index in [9.17, 15) is 14.7 Å². The number of furan rings is 1. The van der Waals surface area contributed by atoms with Crippen LogP contribution in [0.1, 0.15) is 12.5 Å². The number of methoxy groups -OCH3 is 1. The van der Waals surface area contributed by atoms with E-state index < -0.39 is 17.6 Å². The summed E-state index contributed by atoms with van der Waals surface area (Å²) in [5.41, 5.74) is 1.11. The van der Waals surface area contributed by atoms with E-state index in [1.807, 2.05) is 6.07 Å². The number of nitrogens with zero attached hydrogens (tertiary/aromatic N) is 3. The minimum atomic E-state index is -1.11. The maximum absolute atomic E-state index is 13.5. The highest BCUT2D eigenvalue weighted by molar-refractivity contribution is 9.10. The average molecular weight is 562 g/mol. The summed E-state index contributed by atoms with van der Waals surface area (Å²) in [4.78, 5) is 29.5. The normalized spacial score (nSPS) is 12.3. The van der Waals surface area contributed by atoms with E-state index >= 15 is 0 Å². The van der Waals surface area contributed by atoms with Crippen molar-refractivity contribution in [3.63, 3.8) is 0 Å². The predicted octanol–water partition coefficient (Wildman–Crippen LogP) is 5.31. The molecule has 2 aromatic heterocycles. The van der Waals surface area contributed by atoms with Gasteiger partial charge in [-0.15, -0.1) is 0 Å². The largest absolute Gasteiger partial charge is 0.496 e. The Hall–Kier alpha value is -4.44. The molecule has 10 heteroatoms. The standard InChI is InChI=1S/C27H20BrN3O6/c1-15(27(33)34)36-21-11-10-17(28)12-16(21)14-29-31-25(30-20-7-4-3-6-18(20)26(31)32)24-13-19-22(35-2)8-5-9-23(19)37-24/h3-15H,1-2H3,(H,33,34)/t15-/m1/s1. The summed E-state index contributed by atoms with van der Waals surface area (Å²) in [7, 11) is 1.57. The van der Waals surface area contributed by atoms with Crippen molar-refractivity contribution in [2.24, 2.45) is 5.10 Å². The SMILES string of the molecule is COc1cccc2oc(-c3nc4ccccc4c(=O)n3N=Cc3cc(Br)ccc3O[C@H](C)C(=O)O)cc12. The molecule has 0 aliphatic carbocycles.